The topological polar surface area (TPSA) is 46.6 Å². The van der Waals surface area contributed by atoms with Crippen molar-refractivity contribution in [2.24, 2.45) is 0 Å². The molecule has 0 saturated heterocycles. The number of alkyl halides is 3. The van der Waals surface area contributed by atoms with Crippen LogP contribution in [0.1, 0.15) is 34.0 Å². The number of aryl methyl sites for hydroxylation is 1. The molecule has 36 heavy (non-hydrogen) atoms. The number of carbonyl (C=O) groups excluding carboxylic acids is 2. The zero-order chi connectivity index (χ0) is 25.7. The predicted molar refractivity (Wildman–Crippen MR) is 137 cm³/mol. The van der Waals surface area contributed by atoms with Crippen LogP contribution in [0.25, 0.3) is 0 Å². The van der Waals surface area contributed by atoms with Crippen molar-refractivity contribution < 1.29 is 27.5 Å². The Morgan fingerprint density at radius 1 is 1.03 bits per heavy atom. The molecule has 0 spiro atoms. The van der Waals surface area contributed by atoms with E-state index in [9.17, 15) is 22.8 Å². The number of anilines is 1. The molecule has 0 fully saturated rings. The van der Waals surface area contributed by atoms with Crippen LogP contribution >= 0.6 is 23.5 Å². The van der Waals surface area contributed by atoms with Gasteiger partial charge < -0.3 is 9.64 Å². The van der Waals surface area contributed by atoms with Crippen LogP contribution in [0.4, 0.5) is 18.9 Å². The monoisotopic (exact) mass is 531 g/mol. The fourth-order valence-electron chi connectivity index (χ4n) is 3.89. The molecule has 1 amide bonds. The quantitative estimate of drug-likeness (QED) is 0.223. The second-order valence-electron chi connectivity index (χ2n) is 8.06. The highest BCUT2D eigenvalue weighted by Gasteiger charge is 2.33. The molecule has 4 nitrogen and oxygen atoms in total. The minimum Gasteiger partial charge on any atom is -0.465 e. The number of ether oxygens (including phenoxy) is 1. The van der Waals surface area contributed by atoms with Crippen LogP contribution < -0.4 is 4.90 Å². The molecular weight excluding hydrogens is 507 g/mol. The van der Waals surface area contributed by atoms with Crippen molar-refractivity contribution >= 4 is 41.1 Å². The highest BCUT2D eigenvalue weighted by Crippen LogP contribution is 2.36. The zero-order valence-electron chi connectivity index (χ0n) is 19.5. The number of amides is 1. The number of rotatable bonds is 9. The molecule has 0 aromatic heterocycles. The number of esters is 1. The van der Waals surface area contributed by atoms with Crippen LogP contribution in [0.3, 0.4) is 0 Å². The van der Waals surface area contributed by atoms with E-state index in [0.29, 0.717) is 24.4 Å². The smallest absolute Gasteiger partial charge is 0.416 e. The van der Waals surface area contributed by atoms with Gasteiger partial charge >= 0.3 is 12.1 Å². The third kappa shape index (κ3) is 6.25. The van der Waals surface area contributed by atoms with Crippen molar-refractivity contribution in [3.63, 3.8) is 0 Å². The summed E-state index contributed by atoms with van der Waals surface area (Å²) in [6, 6.07) is 18.3. The van der Waals surface area contributed by atoms with Crippen LogP contribution in [0.15, 0.2) is 76.5 Å². The molecule has 188 valence electrons. The number of carbonyl (C=O) groups is 2. The van der Waals surface area contributed by atoms with Gasteiger partial charge in [0.15, 0.2) is 0 Å². The summed E-state index contributed by atoms with van der Waals surface area (Å²) in [6.07, 6.45) is -3.61. The largest absolute Gasteiger partial charge is 0.465 e. The molecule has 0 atom stereocenters. The summed E-state index contributed by atoms with van der Waals surface area (Å²) in [4.78, 5) is 28.1. The Morgan fingerprint density at radius 2 is 1.78 bits per heavy atom. The van der Waals surface area contributed by atoms with Crippen molar-refractivity contribution in [3.8, 4) is 0 Å². The Balaban J connectivity index is 1.38. The summed E-state index contributed by atoms with van der Waals surface area (Å²) in [5.74, 6) is 0.613. The van der Waals surface area contributed by atoms with Crippen LogP contribution in [0, 0.1) is 0 Å². The van der Waals surface area contributed by atoms with Crippen LogP contribution in [0.5, 0.6) is 0 Å². The lowest BCUT2D eigenvalue weighted by molar-refractivity contribution is -0.140. The number of fused-ring (bicyclic) bond motifs is 1. The normalized spacial score (nSPS) is 13.1. The highest BCUT2D eigenvalue weighted by molar-refractivity contribution is 8.00. The van der Waals surface area contributed by atoms with Gasteiger partial charge in [0.1, 0.15) is 0 Å². The lowest BCUT2D eigenvalue weighted by Gasteiger charge is -2.17. The molecule has 0 aliphatic carbocycles. The van der Waals surface area contributed by atoms with Crippen LogP contribution in [-0.4, -0.2) is 30.0 Å². The third-order valence-corrected chi connectivity index (χ3v) is 7.71. The number of thioether (sulfide) groups is 2. The van der Waals surface area contributed by atoms with E-state index in [1.165, 1.54) is 28.8 Å². The van der Waals surface area contributed by atoms with E-state index in [0.717, 1.165) is 45.2 Å². The number of halogens is 3. The maximum atomic E-state index is 13.0. The predicted octanol–water partition coefficient (Wildman–Crippen LogP) is 6.86. The Hall–Kier alpha value is -2.91. The van der Waals surface area contributed by atoms with Gasteiger partial charge in [-0.1, -0.05) is 18.2 Å². The average Bonchev–Trinajstić information content (AvgIpc) is 3.20. The SMILES string of the molecule is CCOC(=O)CSc1cccc(CCSc2cccc3c2CN(c2ccc(C(F)(F)F)cc2)C3=O)c1. The van der Waals surface area contributed by atoms with E-state index in [2.05, 4.69) is 6.07 Å². The molecule has 0 bridgehead atoms. The van der Waals surface area contributed by atoms with Gasteiger partial charge in [0.2, 0.25) is 0 Å². The van der Waals surface area contributed by atoms with Gasteiger partial charge in [-0.3, -0.25) is 9.59 Å². The van der Waals surface area contributed by atoms with E-state index in [4.69, 9.17) is 4.74 Å². The van der Waals surface area contributed by atoms with Crippen LogP contribution in [-0.2, 0) is 28.7 Å². The van der Waals surface area contributed by atoms with Gasteiger partial charge in [0.25, 0.3) is 5.91 Å². The molecule has 9 heteroatoms. The first-order chi connectivity index (χ1) is 17.3. The Labute approximate surface area is 216 Å². The van der Waals surface area contributed by atoms with E-state index in [1.54, 1.807) is 24.8 Å². The fourth-order valence-corrected chi connectivity index (χ4v) is 5.75. The third-order valence-electron chi connectivity index (χ3n) is 5.64. The molecule has 1 aliphatic heterocycles. The van der Waals surface area contributed by atoms with E-state index in [-0.39, 0.29) is 17.6 Å². The summed E-state index contributed by atoms with van der Waals surface area (Å²) < 4.78 is 43.7. The van der Waals surface area contributed by atoms with Gasteiger partial charge in [-0.2, -0.15) is 13.2 Å². The Bertz CT molecular complexity index is 1250. The molecule has 0 radical (unpaired) electrons. The van der Waals surface area contributed by atoms with Gasteiger partial charge in [-0.05, 0) is 73.0 Å². The summed E-state index contributed by atoms with van der Waals surface area (Å²) in [7, 11) is 0. The second-order valence-corrected chi connectivity index (χ2v) is 10.2. The summed E-state index contributed by atoms with van der Waals surface area (Å²) >= 11 is 3.09. The Morgan fingerprint density at radius 3 is 2.50 bits per heavy atom. The second kappa shape index (κ2) is 11.4. The van der Waals surface area contributed by atoms with Crippen LogP contribution in [0.2, 0.25) is 0 Å². The van der Waals surface area contributed by atoms with Gasteiger partial charge in [0.05, 0.1) is 24.5 Å². The zero-order valence-corrected chi connectivity index (χ0v) is 21.1. The molecule has 0 saturated carbocycles. The standard InChI is InChI=1S/C27H24F3NO3S2/c1-2-34-25(32)17-36-21-6-3-5-18(15-21)13-14-35-24-8-4-7-22-23(24)16-31(26(22)33)20-11-9-19(10-12-20)27(28,29)30/h3-12,15H,2,13-14,16-17H2,1H3. The number of benzene rings is 3. The first kappa shape index (κ1) is 26.2. The molecule has 0 N–H and O–H groups in total. The van der Waals surface area contributed by atoms with Gasteiger partial charge in [0, 0.05) is 26.8 Å². The van der Waals surface area contributed by atoms with Crippen molar-refractivity contribution in [2.45, 2.75) is 35.9 Å². The molecule has 3 aromatic carbocycles. The number of hydrogen-bond acceptors (Lipinski definition) is 5. The number of hydrogen-bond donors (Lipinski definition) is 0. The molecule has 0 unspecified atom stereocenters. The molecule has 1 heterocycles. The summed E-state index contributed by atoms with van der Waals surface area (Å²) in [6.45, 7) is 2.47. The maximum Gasteiger partial charge on any atom is 0.416 e. The van der Waals surface area contributed by atoms with Crippen molar-refractivity contribution in [2.75, 3.05) is 23.0 Å². The lowest BCUT2D eigenvalue weighted by atomic mass is 10.1. The minimum atomic E-state index is -4.42. The molecule has 1 aliphatic rings. The van der Waals surface area contributed by atoms with E-state index >= 15 is 0 Å². The number of nitrogens with zero attached hydrogens (tertiary/aromatic N) is 1. The first-order valence-electron chi connectivity index (χ1n) is 11.4. The van der Waals surface area contributed by atoms with Crippen molar-refractivity contribution in [1.29, 1.82) is 0 Å². The fraction of sp³-hybridized carbons (Fsp3) is 0.259. The van der Waals surface area contributed by atoms with Crippen molar-refractivity contribution in [1.82, 2.24) is 0 Å². The maximum absolute atomic E-state index is 13.0. The van der Waals surface area contributed by atoms with Gasteiger partial charge in [-0.25, -0.2) is 0 Å². The summed E-state index contributed by atoms with van der Waals surface area (Å²) in [5.41, 5.74) is 2.32. The minimum absolute atomic E-state index is 0.210. The highest BCUT2D eigenvalue weighted by atomic mass is 32.2. The van der Waals surface area contributed by atoms with Crippen molar-refractivity contribution in [3.05, 3.63) is 89.0 Å². The first-order valence-corrected chi connectivity index (χ1v) is 13.3. The Kier molecular flexibility index (Phi) is 8.31. The lowest BCUT2D eigenvalue weighted by Crippen LogP contribution is -2.23. The molecule has 4 rings (SSSR count). The van der Waals surface area contributed by atoms with E-state index in [1.807, 2.05) is 30.3 Å². The van der Waals surface area contributed by atoms with Gasteiger partial charge in [-0.15, -0.1) is 23.5 Å². The average molecular weight is 532 g/mol. The van der Waals surface area contributed by atoms with E-state index < -0.39 is 11.7 Å². The molecule has 3 aromatic rings. The summed E-state index contributed by atoms with van der Waals surface area (Å²) in [5, 5.41) is 0. The molecular formula is C27H24F3NO3S2.